The Bertz CT molecular complexity index is 549. The molecule has 1 aliphatic rings. The first-order valence-electron chi connectivity index (χ1n) is 7.34. The Kier molecular flexibility index (Phi) is 3.85. The number of nitrogens with zero attached hydrogens (tertiary/aromatic N) is 2. The lowest BCUT2D eigenvalue weighted by Crippen LogP contribution is -2.39. The van der Waals surface area contributed by atoms with Gasteiger partial charge in [-0.25, -0.2) is 4.98 Å². The first-order chi connectivity index (χ1) is 9.83. The Hall–Kier alpha value is -1.65. The molecule has 0 bridgehead atoms. The van der Waals surface area contributed by atoms with Gasteiger partial charge in [-0.15, -0.1) is 0 Å². The summed E-state index contributed by atoms with van der Waals surface area (Å²) in [4.78, 5) is 4.45. The second kappa shape index (κ2) is 5.77. The number of hydrogen-bond acceptors (Lipinski definition) is 3. The van der Waals surface area contributed by atoms with Crippen LogP contribution in [0.1, 0.15) is 30.7 Å². The van der Waals surface area contributed by atoms with Crippen molar-refractivity contribution < 1.29 is 0 Å². The van der Waals surface area contributed by atoms with Crippen molar-refractivity contribution in [3.05, 3.63) is 54.1 Å². The van der Waals surface area contributed by atoms with E-state index in [4.69, 9.17) is 5.84 Å². The highest BCUT2D eigenvalue weighted by molar-refractivity contribution is 5.27. The Morgan fingerprint density at radius 1 is 1.40 bits per heavy atom. The normalized spacial score (nSPS) is 22.7. The van der Waals surface area contributed by atoms with Crippen molar-refractivity contribution in [1.29, 1.82) is 0 Å². The smallest absolute Gasteiger partial charge is 0.110 e. The lowest BCUT2D eigenvalue weighted by atomic mass is 10.0. The molecule has 1 aromatic carbocycles. The number of aromatic nitrogens is 2. The molecule has 4 nitrogen and oxygen atoms in total. The SMILES string of the molecule is CCn1ccnc1CC(NN)C1CC1c1ccccc1. The zero-order valence-electron chi connectivity index (χ0n) is 11.9. The molecule has 1 aliphatic carbocycles. The van der Waals surface area contributed by atoms with Gasteiger partial charge in [-0.1, -0.05) is 30.3 Å². The van der Waals surface area contributed by atoms with Crippen LogP contribution in [0.3, 0.4) is 0 Å². The van der Waals surface area contributed by atoms with Crippen molar-refractivity contribution in [3.8, 4) is 0 Å². The summed E-state index contributed by atoms with van der Waals surface area (Å²) in [7, 11) is 0. The zero-order valence-corrected chi connectivity index (χ0v) is 11.9. The topological polar surface area (TPSA) is 55.9 Å². The quantitative estimate of drug-likeness (QED) is 0.624. The van der Waals surface area contributed by atoms with Crippen LogP contribution >= 0.6 is 0 Å². The molecule has 106 valence electrons. The Labute approximate surface area is 120 Å². The van der Waals surface area contributed by atoms with Gasteiger partial charge in [-0.05, 0) is 30.7 Å². The monoisotopic (exact) mass is 270 g/mol. The van der Waals surface area contributed by atoms with Crippen LogP contribution in [0.15, 0.2) is 42.7 Å². The summed E-state index contributed by atoms with van der Waals surface area (Å²) in [6.45, 7) is 3.10. The van der Waals surface area contributed by atoms with E-state index >= 15 is 0 Å². The van der Waals surface area contributed by atoms with Crippen LogP contribution in [-0.4, -0.2) is 15.6 Å². The van der Waals surface area contributed by atoms with Gasteiger partial charge in [0, 0.05) is 31.4 Å². The number of aryl methyl sites for hydroxylation is 1. The average Bonchev–Trinajstić information content (AvgIpc) is 3.17. The molecular weight excluding hydrogens is 248 g/mol. The minimum atomic E-state index is 0.299. The maximum absolute atomic E-state index is 5.78. The third-order valence-corrected chi connectivity index (χ3v) is 4.34. The molecule has 1 heterocycles. The van der Waals surface area contributed by atoms with Crippen molar-refractivity contribution in [2.24, 2.45) is 11.8 Å². The second-order valence-corrected chi connectivity index (χ2v) is 5.52. The van der Waals surface area contributed by atoms with E-state index in [9.17, 15) is 0 Å². The highest BCUT2D eigenvalue weighted by atomic mass is 15.2. The van der Waals surface area contributed by atoms with Crippen LogP contribution in [-0.2, 0) is 13.0 Å². The zero-order chi connectivity index (χ0) is 13.9. The molecule has 0 saturated heterocycles. The standard InChI is InChI=1S/C16H22N4/c1-2-20-9-8-18-16(20)11-15(19-17)14-10-13(14)12-6-4-3-5-7-12/h3-9,13-15,19H,2,10-11,17H2,1H3. The van der Waals surface area contributed by atoms with E-state index < -0.39 is 0 Å². The van der Waals surface area contributed by atoms with Gasteiger partial charge in [0.05, 0.1) is 0 Å². The van der Waals surface area contributed by atoms with Crippen molar-refractivity contribution in [2.75, 3.05) is 0 Å². The molecule has 20 heavy (non-hydrogen) atoms. The van der Waals surface area contributed by atoms with Gasteiger partial charge in [-0.3, -0.25) is 11.3 Å². The minimum absolute atomic E-state index is 0.299. The highest BCUT2D eigenvalue weighted by Crippen LogP contribution is 2.49. The van der Waals surface area contributed by atoms with Crippen LogP contribution < -0.4 is 11.3 Å². The van der Waals surface area contributed by atoms with E-state index in [2.05, 4.69) is 52.2 Å². The molecule has 0 aliphatic heterocycles. The van der Waals surface area contributed by atoms with Crippen molar-refractivity contribution >= 4 is 0 Å². The van der Waals surface area contributed by atoms with E-state index in [1.807, 2.05) is 12.4 Å². The molecule has 0 radical (unpaired) electrons. The summed E-state index contributed by atoms with van der Waals surface area (Å²) in [5.74, 6) is 8.15. The number of nitrogens with two attached hydrogens (primary N) is 1. The first kappa shape index (κ1) is 13.3. The van der Waals surface area contributed by atoms with Gasteiger partial charge >= 0.3 is 0 Å². The third kappa shape index (κ3) is 2.62. The molecule has 0 spiro atoms. The molecule has 1 aromatic heterocycles. The van der Waals surface area contributed by atoms with Crippen LogP contribution in [0.25, 0.3) is 0 Å². The van der Waals surface area contributed by atoms with Gasteiger partial charge in [0.25, 0.3) is 0 Å². The van der Waals surface area contributed by atoms with Gasteiger partial charge in [0.2, 0.25) is 0 Å². The van der Waals surface area contributed by atoms with Gasteiger partial charge in [-0.2, -0.15) is 0 Å². The van der Waals surface area contributed by atoms with Gasteiger partial charge < -0.3 is 4.57 Å². The highest BCUT2D eigenvalue weighted by Gasteiger charge is 2.43. The fourth-order valence-corrected chi connectivity index (χ4v) is 3.09. The number of imidazole rings is 1. The molecule has 3 N–H and O–H groups in total. The number of hydrazine groups is 1. The van der Waals surface area contributed by atoms with E-state index in [1.54, 1.807) is 0 Å². The van der Waals surface area contributed by atoms with Crippen LogP contribution in [0, 0.1) is 5.92 Å². The lowest BCUT2D eigenvalue weighted by Gasteiger charge is -2.16. The Morgan fingerprint density at radius 2 is 2.20 bits per heavy atom. The molecule has 3 atom stereocenters. The fourth-order valence-electron chi connectivity index (χ4n) is 3.09. The summed E-state index contributed by atoms with van der Waals surface area (Å²) >= 11 is 0. The molecule has 3 unspecified atom stereocenters. The third-order valence-electron chi connectivity index (χ3n) is 4.34. The van der Waals surface area contributed by atoms with Gasteiger partial charge in [0.1, 0.15) is 5.82 Å². The molecule has 0 amide bonds. The summed E-state index contributed by atoms with van der Waals surface area (Å²) in [5.41, 5.74) is 4.43. The molecule has 1 fully saturated rings. The maximum atomic E-state index is 5.78. The molecule has 1 saturated carbocycles. The largest absolute Gasteiger partial charge is 0.335 e. The fraction of sp³-hybridized carbons (Fsp3) is 0.438. The van der Waals surface area contributed by atoms with Crippen LogP contribution in [0.4, 0.5) is 0 Å². The number of rotatable bonds is 6. The number of hydrogen-bond donors (Lipinski definition) is 2. The van der Waals surface area contributed by atoms with E-state index in [1.165, 1.54) is 12.0 Å². The Morgan fingerprint density at radius 3 is 2.90 bits per heavy atom. The van der Waals surface area contributed by atoms with Crippen LogP contribution in [0.2, 0.25) is 0 Å². The lowest BCUT2D eigenvalue weighted by molar-refractivity contribution is 0.448. The predicted molar refractivity (Wildman–Crippen MR) is 80.0 cm³/mol. The molecule has 4 heteroatoms. The van der Waals surface area contributed by atoms with E-state index in [0.717, 1.165) is 18.8 Å². The molecular formula is C16H22N4. The second-order valence-electron chi connectivity index (χ2n) is 5.52. The summed E-state index contributed by atoms with van der Waals surface area (Å²) < 4.78 is 2.18. The van der Waals surface area contributed by atoms with Gasteiger partial charge in [0.15, 0.2) is 0 Å². The minimum Gasteiger partial charge on any atom is -0.335 e. The van der Waals surface area contributed by atoms with E-state index in [0.29, 0.717) is 17.9 Å². The first-order valence-corrected chi connectivity index (χ1v) is 7.34. The number of benzene rings is 1. The Balaban J connectivity index is 1.67. The number of nitrogens with one attached hydrogen (secondary N) is 1. The van der Waals surface area contributed by atoms with Crippen molar-refractivity contribution in [2.45, 2.75) is 38.3 Å². The molecule has 2 aromatic rings. The van der Waals surface area contributed by atoms with Crippen LogP contribution in [0.5, 0.6) is 0 Å². The van der Waals surface area contributed by atoms with Crippen molar-refractivity contribution in [3.63, 3.8) is 0 Å². The maximum Gasteiger partial charge on any atom is 0.110 e. The predicted octanol–water partition coefficient (Wildman–Crippen LogP) is 2.08. The summed E-state index contributed by atoms with van der Waals surface area (Å²) in [5, 5.41) is 0. The van der Waals surface area contributed by atoms with Crippen molar-refractivity contribution in [1.82, 2.24) is 15.0 Å². The van der Waals surface area contributed by atoms with E-state index in [-0.39, 0.29) is 0 Å². The average molecular weight is 270 g/mol. The molecule has 3 rings (SSSR count). The summed E-state index contributed by atoms with van der Waals surface area (Å²) in [6, 6.07) is 11.0. The summed E-state index contributed by atoms with van der Waals surface area (Å²) in [6.07, 6.45) is 6.01.